The number of hydrogen-bond donors (Lipinski definition) is 1. The van der Waals surface area contributed by atoms with Crippen molar-refractivity contribution in [3.63, 3.8) is 0 Å². The van der Waals surface area contributed by atoms with Crippen LogP contribution in [0.5, 0.6) is 0 Å². The third kappa shape index (κ3) is 3.78. The number of allylic oxidation sites excluding steroid dienone is 4. The van der Waals surface area contributed by atoms with Gasteiger partial charge >= 0.3 is 5.97 Å². The van der Waals surface area contributed by atoms with E-state index in [1.165, 1.54) is 0 Å². The van der Waals surface area contributed by atoms with Crippen LogP contribution in [0.1, 0.15) is 12.5 Å². The molecule has 0 radical (unpaired) electrons. The second-order valence-corrected chi connectivity index (χ2v) is 6.26. The van der Waals surface area contributed by atoms with Gasteiger partial charge in [-0.1, -0.05) is 54.1 Å². The summed E-state index contributed by atoms with van der Waals surface area (Å²) in [6.07, 6.45) is 6.09. The van der Waals surface area contributed by atoms with Crippen molar-refractivity contribution >= 4 is 29.2 Å². The molecule has 2 aliphatic rings. The summed E-state index contributed by atoms with van der Waals surface area (Å²) in [7, 11) is 0. The van der Waals surface area contributed by atoms with E-state index >= 15 is 0 Å². The molecule has 3 rings (SSSR count). The zero-order chi connectivity index (χ0) is 18.5. The Labute approximate surface area is 157 Å². The molecule has 0 aromatic heterocycles. The predicted octanol–water partition coefficient (Wildman–Crippen LogP) is 2.93. The largest absolute Gasteiger partial charge is 0.462 e. The number of dihydropyridines is 1. The molecule has 1 unspecified atom stereocenters. The van der Waals surface area contributed by atoms with Crippen molar-refractivity contribution in [2.24, 2.45) is 10.9 Å². The lowest BCUT2D eigenvalue weighted by Crippen LogP contribution is -2.37. The molecule has 26 heavy (non-hydrogen) atoms. The quantitative estimate of drug-likeness (QED) is 0.617. The monoisotopic (exact) mass is 370 g/mol. The van der Waals surface area contributed by atoms with Crippen LogP contribution < -0.4 is 5.32 Å². The molecule has 0 saturated heterocycles. The molecular weight excluding hydrogens is 352 g/mol. The first-order valence-corrected chi connectivity index (χ1v) is 8.86. The molecule has 6 heteroatoms. The van der Waals surface area contributed by atoms with Gasteiger partial charge in [-0.25, -0.2) is 9.79 Å². The van der Waals surface area contributed by atoms with Gasteiger partial charge in [-0.15, -0.1) is 0 Å². The molecule has 1 aromatic carbocycles. The molecule has 0 saturated carbocycles. The van der Waals surface area contributed by atoms with Crippen molar-refractivity contribution in [2.45, 2.75) is 13.3 Å². The minimum atomic E-state index is -0.665. The highest BCUT2D eigenvalue weighted by atomic mass is 35.5. The Hall–Kier alpha value is -2.66. The van der Waals surface area contributed by atoms with E-state index < -0.39 is 11.9 Å². The Balaban J connectivity index is 1.87. The van der Waals surface area contributed by atoms with Crippen LogP contribution in [-0.2, 0) is 20.7 Å². The molecule has 1 atom stereocenters. The second kappa shape index (κ2) is 8.15. The topological polar surface area (TPSA) is 67.8 Å². The van der Waals surface area contributed by atoms with Crippen molar-refractivity contribution < 1.29 is 14.3 Å². The van der Waals surface area contributed by atoms with Gasteiger partial charge in [-0.05, 0) is 25.0 Å². The first-order chi connectivity index (χ1) is 12.6. The predicted molar refractivity (Wildman–Crippen MR) is 101 cm³/mol. The van der Waals surface area contributed by atoms with Crippen LogP contribution in [0.25, 0.3) is 0 Å². The summed E-state index contributed by atoms with van der Waals surface area (Å²) < 4.78 is 5.05. The fourth-order valence-corrected chi connectivity index (χ4v) is 3.19. The number of carbonyl (C=O) groups excluding carboxylic acids is 2. The van der Waals surface area contributed by atoms with Crippen molar-refractivity contribution in [1.82, 2.24) is 5.32 Å². The van der Waals surface area contributed by atoms with Crippen LogP contribution in [0, 0.1) is 5.92 Å². The maximum atomic E-state index is 12.5. The molecule has 1 amide bonds. The van der Waals surface area contributed by atoms with Crippen LogP contribution in [0.3, 0.4) is 0 Å². The number of nitrogens with one attached hydrogen (secondary N) is 1. The van der Waals surface area contributed by atoms with Gasteiger partial charge in [0, 0.05) is 12.2 Å². The van der Waals surface area contributed by atoms with Crippen LogP contribution in [-0.4, -0.2) is 30.7 Å². The Morgan fingerprint density at radius 2 is 2.08 bits per heavy atom. The van der Waals surface area contributed by atoms with Crippen molar-refractivity contribution in [1.29, 1.82) is 0 Å². The number of carbonyl (C=O) groups is 2. The lowest BCUT2D eigenvalue weighted by Gasteiger charge is -2.27. The van der Waals surface area contributed by atoms with E-state index in [-0.39, 0.29) is 18.1 Å². The van der Waals surface area contributed by atoms with E-state index in [1.54, 1.807) is 19.1 Å². The van der Waals surface area contributed by atoms with E-state index in [1.807, 2.05) is 36.4 Å². The van der Waals surface area contributed by atoms with Crippen molar-refractivity contribution in [3.05, 3.63) is 70.4 Å². The molecule has 134 valence electrons. The number of benzene rings is 1. The van der Waals surface area contributed by atoms with E-state index in [2.05, 4.69) is 10.3 Å². The Morgan fingerprint density at radius 3 is 2.81 bits per heavy atom. The molecule has 1 aromatic rings. The van der Waals surface area contributed by atoms with Gasteiger partial charge in [-0.2, -0.15) is 0 Å². The summed E-state index contributed by atoms with van der Waals surface area (Å²) in [6, 6.07) is 9.97. The molecule has 1 heterocycles. The molecule has 1 N–H and O–H groups in total. The zero-order valence-electron chi connectivity index (χ0n) is 14.4. The first kappa shape index (κ1) is 18.1. The smallest absolute Gasteiger partial charge is 0.345 e. The van der Waals surface area contributed by atoms with Gasteiger partial charge in [0.1, 0.15) is 5.57 Å². The van der Waals surface area contributed by atoms with E-state index in [0.717, 1.165) is 12.0 Å². The summed E-state index contributed by atoms with van der Waals surface area (Å²) in [6.45, 7) is 2.45. The Kier molecular flexibility index (Phi) is 5.68. The number of hydrogen-bond acceptors (Lipinski definition) is 4. The summed E-state index contributed by atoms with van der Waals surface area (Å²) in [5.74, 6) is -1.65. The summed E-state index contributed by atoms with van der Waals surface area (Å²) in [4.78, 5) is 28.8. The Morgan fingerprint density at radius 1 is 1.31 bits per heavy atom. The van der Waals surface area contributed by atoms with Crippen molar-refractivity contribution in [3.8, 4) is 0 Å². The molecule has 1 aliphatic heterocycles. The number of halogens is 1. The van der Waals surface area contributed by atoms with Gasteiger partial charge in [0.25, 0.3) is 5.91 Å². The Bertz CT molecular complexity index is 838. The molecule has 0 spiro atoms. The van der Waals surface area contributed by atoms with Gasteiger partial charge in [0.2, 0.25) is 0 Å². The normalized spacial score (nSPS) is 18.8. The minimum Gasteiger partial charge on any atom is -0.462 e. The second-order valence-electron chi connectivity index (χ2n) is 5.85. The average molecular weight is 371 g/mol. The maximum absolute atomic E-state index is 12.5. The third-order valence-electron chi connectivity index (χ3n) is 4.15. The fourth-order valence-electron chi connectivity index (χ4n) is 2.95. The van der Waals surface area contributed by atoms with Crippen LogP contribution >= 0.6 is 11.6 Å². The lowest BCUT2D eigenvalue weighted by atomic mass is 9.88. The van der Waals surface area contributed by atoms with Gasteiger partial charge in [0.05, 0.1) is 23.3 Å². The third-order valence-corrected chi connectivity index (χ3v) is 4.47. The van der Waals surface area contributed by atoms with Gasteiger partial charge in [0.15, 0.2) is 0 Å². The standard InChI is InChI=1S/C20H19ClN2O3/c1-2-26-20(25)16-18(22-12-11-13-7-4-3-5-8-13)14-9-6-10-15(21)17(14)23-19(16)24/h3-10,14,22H,2,11-12H2,1H3. The number of rotatable bonds is 6. The lowest BCUT2D eigenvalue weighted by molar-refractivity contribution is -0.140. The highest BCUT2D eigenvalue weighted by molar-refractivity contribution is 6.46. The summed E-state index contributed by atoms with van der Waals surface area (Å²) in [5.41, 5.74) is 2.06. The van der Waals surface area contributed by atoms with Gasteiger partial charge < -0.3 is 10.1 Å². The minimum absolute atomic E-state index is 0.0512. The number of ether oxygens (including phenoxy) is 1. The highest BCUT2D eigenvalue weighted by Crippen LogP contribution is 2.30. The maximum Gasteiger partial charge on any atom is 0.345 e. The number of fused-ring (bicyclic) bond motifs is 1. The highest BCUT2D eigenvalue weighted by Gasteiger charge is 2.36. The van der Waals surface area contributed by atoms with Crippen molar-refractivity contribution in [2.75, 3.05) is 13.2 Å². The molecular formula is C20H19ClN2O3. The first-order valence-electron chi connectivity index (χ1n) is 8.48. The van der Waals surface area contributed by atoms with E-state index in [0.29, 0.717) is 23.0 Å². The summed E-state index contributed by atoms with van der Waals surface area (Å²) >= 11 is 6.20. The molecule has 0 bridgehead atoms. The number of amides is 1. The van der Waals surface area contributed by atoms with E-state index in [4.69, 9.17) is 16.3 Å². The number of nitrogens with zero attached hydrogens (tertiary/aromatic N) is 1. The zero-order valence-corrected chi connectivity index (χ0v) is 15.1. The van der Waals surface area contributed by atoms with Crippen LogP contribution in [0.2, 0.25) is 0 Å². The molecule has 1 aliphatic carbocycles. The van der Waals surface area contributed by atoms with Crippen LogP contribution in [0.15, 0.2) is 69.9 Å². The van der Waals surface area contributed by atoms with E-state index in [9.17, 15) is 9.59 Å². The van der Waals surface area contributed by atoms with Gasteiger partial charge in [-0.3, -0.25) is 4.79 Å². The molecule has 5 nitrogen and oxygen atoms in total. The fraction of sp³-hybridized carbons (Fsp3) is 0.250. The number of aliphatic imine (C=N–C) groups is 1. The summed E-state index contributed by atoms with van der Waals surface area (Å²) in [5, 5.41) is 3.65. The van der Waals surface area contributed by atoms with Crippen LogP contribution in [0.4, 0.5) is 0 Å². The number of esters is 1. The molecule has 0 fully saturated rings. The average Bonchev–Trinajstić information content (AvgIpc) is 2.63. The SMILES string of the molecule is CCOC(=O)C1=C(NCCc2ccccc2)C2C=CC=C(Cl)C2=NC1=O.